The Labute approximate surface area is 114 Å². The zero-order chi connectivity index (χ0) is 13.9. The fraction of sp³-hybridized carbons (Fsp3) is 0.357. The Bertz CT molecular complexity index is 650. The summed E-state index contributed by atoms with van der Waals surface area (Å²) in [5.41, 5.74) is -0.202. The van der Waals surface area contributed by atoms with E-state index in [2.05, 4.69) is 5.32 Å². The van der Waals surface area contributed by atoms with Crippen LogP contribution in [0.15, 0.2) is 24.3 Å². The number of nitrogens with one attached hydrogen (secondary N) is 1. The number of imide groups is 2. The molecule has 0 aromatic heterocycles. The van der Waals surface area contributed by atoms with Gasteiger partial charge in [0.2, 0.25) is 11.8 Å². The molecule has 3 aliphatic rings. The Balaban J connectivity index is 1.74. The number of barbiturate groups is 1. The van der Waals surface area contributed by atoms with Crippen molar-refractivity contribution in [3.8, 4) is 5.75 Å². The summed E-state index contributed by atoms with van der Waals surface area (Å²) < 4.78 is 5.52. The van der Waals surface area contributed by atoms with E-state index in [1.54, 1.807) is 6.07 Å². The van der Waals surface area contributed by atoms with Crippen molar-refractivity contribution in [2.75, 3.05) is 6.61 Å². The highest BCUT2D eigenvalue weighted by Gasteiger charge is 2.63. The van der Waals surface area contributed by atoms with Gasteiger partial charge in [0.25, 0.3) is 0 Å². The first-order valence-corrected chi connectivity index (χ1v) is 6.54. The molecule has 1 unspecified atom stereocenters. The van der Waals surface area contributed by atoms with Gasteiger partial charge in [0.15, 0.2) is 0 Å². The molecule has 1 aromatic rings. The predicted molar refractivity (Wildman–Crippen MR) is 66.7 cm³/mol. The van der Waals surface area contributed by atoms with Crippen LogP contribution in [0.2, 0.25) is 0 Å². The molecule has 1 atom stereocenters. The molecule has 1 spiro atoms. The summed E-state index contributed by atoms with van der Waals surface area (Å²) in [5, 5.41) is 2.29. The number of hydrogen-bond donors (Lipinski definition) is 1. The predicted octanol–water partition coefficient (Wildman–Crippen LogP) is 0.979. The van der Waals surface area contributed by atoms with Crippen LogP contribution in [-0.2, 0) is 9.59 Å². The number of amides is 4. The molecule has 0 bridgehead atoms. The third kappa shape index (κ3) is 1.31. The van der Waals surface area contributed by atoms with Crippen molar-refractivity contribution >= 4 is 17.8 Å². The Morgan fingerprint density at radius 1 is 1.20 bits per heavy atom. The standard InChI is InChI=1S/C14H12N2O4/c17-11-14(5-6-14)12(18)16(13(19)15-11)9-7-20-10-4-2-1-3-8(9)10/h1-4,9H,5-7H2,(H,15,17,19). The second-order valence-corrected chi connectivity index (χ2v) is 5.38. The molecule has 0 radical (unpaired) electrons. The van der Waals surface area contributed by atoms with Crippen molar-refractivity contribution in [2.45, 2.75) is 18.9 Å². The van der Waals surface area contributed by atoms with Crippen molar-refractivity contribution in [3.05, 3.63) is 29.8 Å². The molecular formula is C14H12N2O4. The highest BCUT2D eigenvalue weighted by atomic mass is 16.5. The van der Waals surface area contributed by atoms with Crippen molar-refractivity contribution < 1.29 is 19.1 Å². The number of carbonyl (C=O) groups is 3. The van der Waals surface area contributed by atoms with Gasteiger partial charge in [-0.05, 0) is 18.9 Å². The number of rotatable bonds is 1. The lowest BCUT2D eigenvalue weighted by molar-refractivity contribution is -0.146. The van der Waals surface area contributed by atoms with Gasteiger partial charge in [-0.2, -0.15) is 0 Å². The number of hydrogen-bond acceptors (Lipinski definition) is 4. The van der Waals surface area contributed by atoms with E-state index >= 15 is 0 Å². The molecule has 2 heterocycles. The Kier molecular flexibility index (Phi) is 2.06. The summed E-state index contributed by atoms with van der Waals surface area (Å²) in [6, 6.07) is 6.21. The fourth-order valence-electron chi connectivity index (χ4n) is 2.91. The van der Waals surface area contributed by atoms with Crippen molar-refractivity contribution in [3.63, 3.8) is 0 Å². The van der Waals surface area contributed by atoms with Gasteiger partial charge in [0.1, 0.15) is 23.8 Å². The zero-order valence-electron chi connectivity index (χ0n) is 10.6. The normalized spacial score (nSPS) is 26.3. The third-order valence-corrected chi connectivity index (χ3v) is 4.24. The summed E-state index contributed by atoms with van der Waals surface area (Å²) >= 11 is 0. The van der Waals surface area contributed by atoms with Gasteiger partial charge in [0, 0.05) is 5.56 Å². The molecule has 1 saturated carbocycles. The van der Waals surface area contributed by atoms with E-state index in [4.69, 9.17) is 4.74 Å². The van der Waals surface area contributed by atoms with Gasteiger partial charge >= 0.3 is 6.03 Å². The summed E-state index contributed by atoms with van der Waals surface area (Å²) in [5.74, 6) is -0.174. The van der Waals surface area contributed by atoms with Gasteiger partial charge in [-0.1, -0.05) is 18.2 Å². The maximum Gasteiger partial charge on any atom is 0.331 e. The number of fused-ring (bicyclic) bond motifs is 1. The summed E-state index contributed by atoms with van der Waals surface area (Å²) in [6.45, 7) is 0.239. The van der Waals surface area contributed by atoms with Gasteiger partial charge in [0.05, 0.1) is 0 Å². The lowest BCUT2D eigenvalue weighted by Gasteiger charge is -2.33. The topological polar surface area (TPSA) is 75.7 Å². The molecule has 2 fully saturated rings. The minimum atomic E-state index is -1.01. The van der Waals surface area contributed by atoms with Crippen molar-refractivity contribution in [2.24, 2.45) is 5.41 Å². The van der Waals surface area contributed by atoms with Gasteiger partial charge in [-0.3, -0.25) is 19.8 Å². The van der Waals surface area contributed by atoms with Gasteiger partial charge < -0.3 is 4.74 Å². The fourth-order valence-corrected chi connectivity index (χ4v) is 2.91. The SMILES string of the molecule is O=C1NC(=O)C2(CC2)C(=O)N1C1COc2ccccc21. The number of benzene rings is 1. The van der Waals surface area contributed by atoms with E-state index in [9.17, 15) is 14.4 Å². The van der Waals surface area contributed by atoms with Crippen LogP contribution in [0.4, 0.5) is 4.79 Å². The van der Waals surface area contributed by atoms with E-state index in [0.29, 0.717) is 18.6 Å². The summed E-state index contributed by atoms with van der Waals surface area (Å²) in [4.78, 5) is 37.5. The molecule has 1 aliphatic carbocycles. The minimum Gasteiger partial charge on any atom is -0.491 e. The molecule has 4 rings (SSSR count). The van der Waals surface area contributed by atoms with E-state index in [1.165, 1.54) is 0 Å². The molecule has 4 amide bonds. The zero-order valence-corrected chi connectivity index (χ0v) is 10.6. The Morgan fingerprint density at radius 2 is 1.95 bits per heavy atom. The Hall–Kier alpha value is -2.37. The molecule has 2 aliphatic heterocycles. The van der Waals surface area contributed by atoms with Crippen LogP contribution in [0.5, 0.6) is 5.75 Å². The second-order valence-electron chi connectivity index (χ2n) is 5.38. The number of urea groups is 1. The number of para-hydroxylation sites is 1. The first kappa shape index (κ1) is 11.5. The van der Waals surface area contributed by atoms with Crippen LogP contribution >= 0.6 is 0 Å². The van der Waals surface area contributed by atoms with E-state index < -0.39 is 29.3 Å². The van der Waals surface area contributed by atoms with Crippen LogP contribution in [0.25, 0.3) is 0 Å². The van der Waals surface area contributed by atoms with E-state index in [-0.39, 0.29) is 6.61 Å². The van der Waals surface area contributed by atoms with E-state index in [0.717, 1.165) is 10.5 Å². The maximum absolute atomic E-state index is 12.5. The van der Waals surface area contributed by atoms with Crippen molar-refractivity contribution in [1.82, 2.24) is 10.2 Å². The number of nitrogens with zero attached hydrogens (tertiary/aromatic N) is 1. The smallest absolute Gasteiger partial charge is 0.331 e. The molecular weight excluding hydrogens is 260 g/mol. The third-order valence-electron chi connectivity index (χ3n) is 4.24. The summed E-state index contributed by atoms with van der Waals surface area (Å²) in [6.07, 6.45) is 1.02. The second kappa shape index (κ2) is 3.59. The average molecular weight is 272 g/mol. The first-order valence-electron chi connectivity index (χ1n) is 6.54. The molecule has 6 heteroatoms. The Morgan fingerprint density at radius 3 is 2.70 bits per heavy atom. The van der Waals surface area contributed by atoms with Crippen LogP contribution in [0.1, 0.15) is 24.4 Å². The molecule has 102 valence electrons. The van der Waals surface area contributed by atoms with Crippen molar-refractivity contribution in [1.29, 1.82) is 0 Å². The van der Waals surface area contributed by atoms with Gasteiger partial charge in [-0.25, -0.2) is 4.79 Å². The van der Waals surface area contributed by atoms with E-state index in [1.807, 2.05) is 18.2 Å². The molecule has 20 heavy (non-hydrogen) atoms. The molecule has 1 saturated heterocycles. The lowest BCUT2D eigenvalue weighted by atomic mass is 9.98. The van der Waals surface area contributed by atoms with Gasteiger partial charge in [-0.15, -0.1) is 0 Å². The average Bonchev–Trinajstić information content (AvgIpc) is 3.14. The molecule has 1 aromatic carbocycles. The lowest BCUT2D eigenvalue weighted by Crippen LogP contribution is -2.60. The highest BCUT2D eigenvalue weighted by Crippen LogP contribution is 2.51. The summed E-state index contributed by atoms with van der Waals surface area (Å²) in [7, 11) is 0. The van der Waals surface area contributed by atoms with Crippen LogP contribution in [0.3, 0.4) is 0 Å². The number of carbonyl (C=O) groups excluding carboxylic acids is 3. The van der Waals surface area contributed by atoms with Crippen LogP contribution < -0.4 is 10.1 Å². The monoisotopic (exact) mass is 272 g/mol. The number of ether oxygens (including phenoxy) is 1. The van der Waals surface area contributed by atoms with Crippen LogP contribution in [0, 0.1) is 5.41 Å². The molecule has 6 nitrogen and oxygen atoms in total. The quantitative estimate of drug-likeness (QED) is 0.773. The maximum atomic E-state index is 12.5. The minimum absolute atomic E-state index is 0.239. The highest BCUT2D eigenvalue weighted by molar-refractivity contribution is 6.21. The largest absolute Gasteiger partial charge is 0.491 e. The first-order chi connectivity index (χ1) is 9.63. The molecule has 1 N–H and O–H groups in total. The van der Waals surface area contributed by atoms with Crippen LogP contribution in [-0.4, -0.2) is 29.4 Å².